The van der Waals surface area contributed by atoms with E-state index in [4.69, 9.17) is 14.2 Å². The number of phenols is 1. The highest BCUT2D eigenvalue weighted by Crippen LogP contribution is 2.65. The molecule has 2 aliphatic carbocycles. The maximum atomic E-state index is 13.9. The number of carbonyl (C=O) groups excluding carboxylic acids is 2. The zero-order valence-corrected chi connectivity index (χ0v) is 30.6. The molecule has 1 unspecified atom stereocenters. The highest BCUT2D eigenvalue weighted by atomic mass is 16.6. The lowest BCUT2D eigenvalue weighted by molar-refractivity contribution is -0.176. The third-order valence-electron chi connectivity index (χ3n) is 11.8. The molecular weight excluding hydrogens is 642 g/mol. The van der Waals surface area contributed by atoms with Gasteiger partial charge in [0.15, 0.2) is 17.6 Å². The SMILES string of the molecule is CCCCCCCCC=CCCCCCCCC(=O)O[C@H](C(=O)OC1=CC[C@]2(O)C3Cc4ccc(O)c5c4[C@@]2(CCN3C)[C@H]1O5)c1ccccc1. The van der Waals surface area contributed by atoms with Crippen LogP contribution in [0.1, 0.15) is 132 Å². The van der Waals surface area contributed by atoms with Gasteiger partial charge in [-0.2, -0.15) is 0 Å². The van der Waals surface area contributed by atoms with Gasteiger partial charge in [0.1, 0.15) is 5.76 Å². The molecule has 2 aliphatic heterocycles. The Labute approximate surface area is 303 Å². The third kappa shape index (κ3) is 7.64. The van der Waals surface area contributed by atoms with E-state index in [1.807, 2.05) is 19.2 Å². The van der Waals surface area contributed by atoms with Crippen LogP contribution in [-0.2, 0) is 30.9 Å². The van der Waals surface area contributed by atoms with Gasteiger partial charge in [-0.25, -0.2) is 4.79 Å². The summed E-state index contributed by atoms with van der Waals surface area (Å²) in [5.74, 6) is -0.501. The molecule has 2 aromatic carbocycles. The van der Waals surface area contributed by atoms with Crippen LogP contribution in [0.3, 0.4) is 0 Å². The van der Waals surface area contributed by atoms with Crippen molar-refractivity contribution in [1.82, 2.24) is 4.90 Å². The molecule has 0 radical (unpaired) electrons. The minimum absolute atomic E-state index is 0.00895. The molecule has 0 amide bonds. The quantitative estimate of drug-likeness (QED) is 0.0854. The number of allylic oxidation sites excluding steroid dienone is 2. The van der Waals surface area contributed by atoms with E-state index in [9.17, 15) is 19.8 Å². The number of esters is 2. The van der Waals surface area contributed by atoms with Crippen molar-refractivity contribution in [1.29, 1.82) is 0 Å². The molecule has 1 saturated heterocycles. The topological polar surface area (TPSA) is 106 Å². The van der Waals surface area contributed by atoms with E-state index in [-0.39, 0.29) is 30.4 Å². The zero-order chi connectivity index (χ0) is 35.8. The Kier molecular flexibility index (Phi) is 12.2. The van der Waals surface area contributed by atoms with Crippen LogP contribution < -0.4 is 4.74 Å². The van der Waals surface area contributed by atoms with Crippen LogP contribution in [0.2, 0.25) is 0 Å². The maximum absolute atomic E-state index is 13.9. The second kappa shape index (κ2) is 16.8. The van der Waals surface area contributed by atoms with E-state index < -0.39 is 35.2 Å². The first-order chi connectivity index (χ1) is 24.8. The number of likely N-dealkylation sites (tertiary alicyclic amines) is 1. The zero-order valence-electron chi connectivity index (χ0n) is 30.6. The average Bonchev–Trinajstić information content (AvgIpc) is 3.49. The molecule has 4 aliphatic rings. The van der Waals surface area contributed by atoms with Crippen molar-refractivity contribution >= 4 is 11.9 Å². The Morgan fingerprint density at radius 2 is 1.65 bits per heavy atom. The largest absolute Gasteiger partial charge is 0.504 e. The second-order valence-corrected chi connectivity index (χ2v) is 15.1. The fourth-order valence-corrected chi connectivity index (χ4v) is 9.02. The molecule has 8 heteroatoms. The molecule has 0 aromatic heterocycles. The number of benzene rings is 2. The number of aromatic hydroxyl groups is 1. The van der Waals surface area contributed by atoms with E-state index in [2.05, 4.69) is 24.0 Å². The Morgan fingerprint density at radius 1 is 0.961 bits per heavy atom. The Morgan fingerprint density at radius 3 is 2.37 bits per heavy atom. The van der Waals surface area contributed by atoms with Gasteiger partial charge in [-0.15, -0.1) is 0 Å². The van der Waals surface area contributed by atoms with Crippen LogP contribution >= 0.6 is 0 Å². The molecular formula is C43H57NO7. The van der Waals surface area contributed by atoms with Gasteiger partial charge in [-0.05, 0) is 76.2 Å². The highest BCUT2D eigenvalue weighted by molar-refractivity contribution is 5.82. The Hall–Kier alpha value is -3.62. The number of aliphatic hydroxyl groups is 1. The number of piperidine rings is 1. The fraction of sp³-hybridized carbons (Fsp3) is 0.581. The first-order valence-electron chi connectivity index (χ1n) is 19.6. The van der Waals surface area contributed by atoms with Gasteiger partial charge in [0.25, 0.3) is 0 Å². The molecule has 6 rings (SSSR count). The van der Waals surface area contributed by atoms with Crippen molar-refractivity contribution in [3.8, 4) is 11.5 Å². The third-order valence-corrected chi connectivity index (χ3v) is 11.8. The molecule has 8 nitrogen and oxygen atoms in total. The predicted molar refractivity (Wildman–Crippen MR) is 197 cm³/mol. The maximum Gasteiger partial charge on any atom is 0.357 e. The molecule has 2 heterocycles. The molecule has 2 N–H and O–H groups in total. The van der Waals surface area contributed by atoms with Crippen molar-refractivity contribution in [2.24, 2.45) is 0 Å². The van der Waals surface area contributed by atoms with Crippen molar-refractivity contribution in [3.63, 3.8) is 0 Å². The molecule has 5 atom stereocenters. The molecule has 51 heavy (non-hydrogen) atoms. The number of nitrogens with zero attached hydrogens (tertiary/aromatic N) is 1. The average molecular weight is 700 g/mol. The Bertz CT molecular complexity index is 1570. The number of hydrogen-bond acceptors (Lipinski definition) is 8. The number of phenolic OH excluding ortho intramolecular Hbond substituents is 1. The van der Waals surface area contributed by atoms with Gasteiger partial charge in [-0.3, -0.25) is 4.79 Å². The minimum Gasteiger partial charge on any atom is -0.504 e. The summed E-state index contributed by atoms with van der Waals surface area (Å²) in [6.07, 6.45) is 21.3. The van der Waals surface area contributed by atoms with E-state index in [0.29, 0.717) is 30.6 Å². The monoisotopic (exact) mass is 699 g/mol. The van der Waals surface area contributed by atoms with Crippen LogP contribution in [0.25, 0.3) is 0 Å². The number of likely N-dealkylation sites (N-methyl/N-ethyl adjacent to an activating group) is 1. The lowest BCUT2D eigenvalue weighted by Crippen LogP contribution is -2.74. The molecule has 2 aromatic rings. The Balaban J connectivity index is 1.02. The summed E-state index contributed by atoms with van der Waals surface area (Å²) in [5.41, 5.74) is 0.345. The van der Waals surface area contributed by atoms with Gasteiger partial charge in [0.05, 0.1) is 11.0 Å². The first kappa shape index (κ1) is 37.1. The molecule has 276 valence electrons. The predicted octanol–water partition coefficient (Wildman–Crippen LogP) is 8.54. The summed E-state index contributed by atoms with van der Waals surface area (Å²) in [6.45, 7) is 2.98. The van der Waals surface area contributed by atoms with Gasteiger partial charge in [-0.1, -0.05) is 107 Å². The summed E-state index contributed by atoms with van der Waals surface area (Å²) in [7, 11) is 2.03. The molecule has 0 saturated carbocycles. The van der Waals surface area contributed by atoms with Crippen molar-refractivity contribution in [3.05, 3.63) is 83.1 Å². The van der Waals surface area contributed by atoms with E-state index in [1.165, 1.54) is 44.9 Å². The summed E-state index contributed by atoms with van der Waals surface area (Å²) in [6, 6.07) is 12.4. The summed E-state index contributed by atoms with van der Waals surface area (Å²) in [5, 5.41) is 23.2. The van der Waals surface area contributed by atoms with Gasteiger partial charge >= 0.3 is 11.9 Å². The summed E-state index contributed by atoms with van der Waals surface area (Å²) < 4.78 is 18.4. The van der Waals surface area contributed by atoms with E-state index >= 15 is 0 Å². The number of rotatable bonds is 19. The highest BCUT2D eigenvalue weighted by Gasteiger charge is 2.72. The number of unbranched alkanes of at least 4 members (excludes halogenated alkanes) is 11. The fourth-order valence-electron chi connectivity index (χ4n) is 9.02. The van der Waals surface area contributed by atoms with Crippen LogP contribution in [0.15, 0.2) is 66.5 Å². The van der Waals surface area contributed by atoms with Crippen molar-refractivity contribution < 1.29 is 34.0 Å². The van der Waals surface area contributed by atoms with Crippen LogP contribution in [0.5, 0.6) is 11.5 Å². The van der Waals surface area contributed by atoms with Gasteiger partial charge < -0.3 is 29.3 Å². The standard InChI is InChI=1S/C43H57NO7/c1-3-4-5-6-7-8-9-10-11-12-13-14-15-16-20-23-36(46)50-38(31-21-18-17-19-22-31)41(47)49-34-26-27-43(48)35-30-32-24-25-33(45)39-37(32)42(43,40(34)51-39)28-29-44(35)2/h10-11,17-19,21-22,24-26,35,38,40,45,48H,3-9,12-16,20,23,27-30H2,1-2H3/t35?,38-,40-,42-,43-/m0/s1. The van der Waals surface area contributed by atoms with Crippen molar-refractivity contribution in [2.75, 3.05) is 13.6 Å². The van der Waals surface area contributed by atoms with Crippen LogP contribution in [-0.4, -0.2) is 58.4 Å². The number of ether oxygens (including phenoxy) is 3. The summed E-state index contributed by atoms with van der Waals surface area (Å²) in [4.78, 5) is 29.2. The lowest BCUT2D eigenvalue weighted by Gasteiger charge is -2.61. The molecule has 1 fully saturated rings. The number of carbonyl (C=O) groups is 2. The van der Waals surface area contributed by atoms with Crippen LogP contribution in [0.4, 0.5) is 0 Å². The first-order valence-corrected chi connectivity index (χ1v) is 19.6. The normalized spacial score (nSPS) is 25.2. The molecule has 1 spiro atoms. The lowest BCUT2D eigenvalue weighted by atomic mass is 9.50. The van der Waals surface area contributed by atoms with Gasteiger partial charge in [0.2, 0.25) is 6.10 Å². The van der Waals surface area contributed by atoms with Crippen LogP contribution in [0, 0.1) is 0 Å². The van der Waals surface area contributed by atoms with Gasteiger partial charge in [0, 0.05) is 30.0 Å². The van der Waals surface area contributed by atoms with E-state index in [1.54, 1.807) is 36.4 Å². The smallest absolute Gasteiger partial charge is 0.357 e. The van der Waals surface area contributed by atoms with E-state index in [0.717, 1.165) is 49.8 Å². The minimum atomic E-state index is -1.25. The summed E-state index contributed by atoms with van der Waals surface area (Å²) >= 11 is 0. The number of hydrogen-bond donors (Lipinski definition) is 2. The second-order valence-electron chi connectivity index (χ2n) is 15.1. The molecule has 2 bridgehead atoms. The van der Waals surface area contributed by atoms with Crippen molar-refractivity contribution in [2.45, 2.75) is 145 Å².